The quantitative estimate of drug-likeness (QED) is 0.602. The van der Waals surface area contributed by atoms with E-state index in [-0.39, 0.29) is 0 Å². The van der Waals surface area contributed by atoms with Gasteiger partial charge in [-0.05, 0) is 12.1 Å². The molecule has 2 aromatic carbocycles. The highest BCUT2D eigenvalue weighted by Crippen LogP contribution is 2.31. The molecule has 0 amide bonds. The maximum absolute atomic E-state index is 9.24. The molecular formula is C18H13N5. The third kappa shape index (κ3) is 2.23. The number of para-hydroxylation sites is 1. The van der Waals surface area contributed by atoms with Gasteiger partial charge in [0.05, 0.1) is 11.9 Å². The second-order valence-electron chi connectivity index (χ2n) is 5.14. The van der Waals surface area contributed by atoms with E-state index in [2.05, 4.69) is 21.5 Å². The molecule has 0 fully saturated rings. The average Bonchev–Trinajstić information content (AvgIpc) is 3.17. The topological polar surface area (TPSA) is 68.9 Å². The second-order valence-corrected chi connectivity index (χ2v) is 5.14. The van der Waals surface area contributed by atoms with Gasteiger partial charge in [0.1, 0.15) is 11.6 Å². The number of H-pyrrole nitrogens is 1. The van der Waals surface area contributed by atoms with Crippen LogP contribution in [0.15, 0.2) is 66.9 Å². The van der Waals surface area contributed by atoms with Crippen LogP contribution in [0.3, 0.4) is 0 Å². The number of imidazole rings is 1. The molecule has 0 spiro atoms. The van der Waals surface area contributed by atoms with E-state index in [1.807, 2.05) is 60.7 Å². The lowest BCUT2D eigenvalue weighted by Gasteiger charge is -2.07. The van der Waals surface area contributed by atoms with Gasteiger partial charge < -0.3 is 10.3 Å². The fraction of sp³-hybridized carbons (Fsp3) is 0. The van der Waals surface area contributed by atoms with E-state index in [9.17, 15) is 5.26 Å². The number of hydrogen-bond acceptors (Lipinski definition) is 3. The number of aromatic nitrogens is 3. The Kier molecular flexibility index (Phi) is 3.06. The van der Waals surface area contributed by atoms with Crippen LogP contribution in [0.1, 0.15) is 5.56 Å². The summed E-state index contributed by atoms with van der Waals surface area (Å²) in [5.74, 6) is 0.805. The molecule has 2 N–H and O–H groups in total. The first kappa shape index (κ1) is 13.2. The third-order valence-corrected chi connectivity index (χ3v) is 3.68. The van der Waals surface area contributed by atoms with Gasteiger partial charge in [-0.1, -0.05) is 48.5 Å². The van der Waals surface area contributed by atoms with Gasteiger partial charge >= 0.3 is 0 Å². The molecule has 0 bridgehead atoms. The Morgan fingerprint density at radius 2 is 1.70 bits per heavy atom. The van der Waals surface area contributed by atoms with Gasteiger partial charge in [0, 0.05) is 11.3 Å². The van der Waals surface area contributed by atoms with Crippen LogP contribution in [0.4, 0.5) is 11.5 Å². The normalized spacial score (nSPS) is 10.6. The highest BCUT2D eigenvalue weighted by molar-refractivity contribution is 5.80. The number of fused-ring (bicyclic) bond motifs is 1. The Labute approximate surface area is 132 Å². The zero-order chi connectivity index (χ0) is 15.6. The molecule has 2 aromatic heterocycles. The number of nitrogens with zero attached hydrogens (tertiary/aromatic N) is 3. The molecule has 0 aliphatic rings. The summed E-state index contributed by atoms with van der Waals surface area (Å²) in [5, 5.41) is 17.0. The van der Waals surface area contributed by atoms with Crippen molar-refractivity contribution in [1.29, 1.82) is 5.26 Å². The smallest absolute Gasteiger partial charge is 0.158 e. The monoisotopic (exact) mass is 299 g/mol. The maximum Gasteiger partial charge on any atom is 0.158 e. The second kappa shape index (κ2) is 5.35. The zero-order valence-electron chi connectivity index (χ0n) is 12.2. The lowest BCUT2D eigenvalue weighted by atomic mass is 10.1. The Balaban J connectivity index is 1.92. The molecule has 23 heavy (non-hydrogen) atoms. The number of aromatic amines is 1. The Hall–Kier alpha value is -3.52. The minimum absolute atomic E-state index is 0.517. The Morgan fingerprint density at radius 1 is 1.00 bits per heavy atom. The lowest BCUT2D eigenvalue weighted by Crippen LogP contribution is -1.97. The van der Waals surface area contributed by atoms with Gasteiger partial charge in [0.25, 0.3) is 0 Å². The number of nitrogens with one attached hydrogen (secondary N) is 2. The van der Waals surface area contributed by atoms with E-state index in [0.29, 0.717) is 11.2 Å². The van der Waals surface area contributed by atoms with Crippen LogP contribution in [0.2, 0.25) is 0 Å². The van der Waals surface area contributed by atoms with Crippen LogP contribution in [-0.4, -0.2) is 14.6 Å². The van der Waals surface area contributed by atoms with Crippen molar-refractivity contribution in [2.24, 2.45) is 0 Å². The molecule has 0 radical (unpaired) electrons. The molecule has 4 rings (SSSR count). The van der Waals surface area contributed by atoms with Crippen LogP contribution in [-0.2, 0) is 0 Å². The van der Waals surface area contributed by atoms with Crippen molar-refractivity contribution in [2.75, 3.05) is 5.32 Å². The molecule has 4 aromatic rings. The van der Waals surface area contributed by atoms with Gasteiger partial charge in [-0.15, -0.1) is 0 Å². The Morgan fingerprint density at radius 3 is 2.39 bits per heavy atom. The molecule has 0 aliphatic carbocycles. The highest BCUT2D eigenvalue weighted by Gasteiger charge is 2.17. The number of rotatable bonds is 3. The van der Waals surface area contributed by atoms with Crippen LogP contribution < -0.4 is 5.32 Å². The van der Waals surface area contributed by atoms with E-state index >= 15 is 0 Å². The average molecular weight is 299 g/mol. The van der Waals surface area contributed by atoms with Crippen LogP contribution in [0, 0.1) is 11.3 Å². The molecule has 5 heteroatoms. The molecule has 0 atom stereocenters. The number of hydrogen-bond donors (Lipinski definition) is 2. The van der Waals surface area contributed by atoms with Crippen LogP contribution in [0.5, 0.6) is 0 Å². The third-order valence-electron chi connectivity index (χ3n) is 3.68. The summed E-state index contributed by atoms with van der Waals surface area (Å²) < 4.78 is 1.73. The SMILES string of the molecule is N#Cc1cnn2c(Nc3ccccc3)c(-c3ccccc3)[nH]c12. The summed E-state index contributed by atoms with van der Waals surface area (Å²) in [6.45, 7) is 0. The van der Waals surface area contributed by atoms with E-state index in [1.54, 1.807) is 10.7 Å². The number of benzene rings is 2. The van der Waals surface area contributed by atoms with Crippen LogP contribution in [0.25, 0.3) is 16.9 Å². The largest absolute Gasteiger partial charge is 0.338 e. The van der Waals surface area contributed by atoms with Crippen molar-refractivity contribution in [3.63, 3.8) is 0 Å². The van der Waals surface area contributed by atoms with Crippen molar-refractivity contribution >= 4 is 17.2 Å². The predicted molar refractivity (Wildman–Crippen MR) is 89.4 cm³/mol. The molecular weight excluding hydrogens is 286 g/mol. The summed E-state index contributed by atoms with van der Waals surface area (Å²) in [7, 11) is 0. The summed E-state index contributed by atoms with van der Waals surface area (Å²) in [6, 6.07) is 22.0. The van der Waals surface area contributed by atoms with Crippen molar-refractivity contribution in [2.45, 2.75) is 0 Å². The minimum atomic E-state index is 0.517. The van der Waals surface area contributed by atoms with E-state index in [4.69, 9.17) is 0 Å². The molecule has 0 aliphatic heterocycles. The molecule has 2 heterocycles. The summed E-state index contributed by atoms with van der Waals surface area (Å²) in [4.78, 5) is 3.32. The first-order valence-electron chi connectivity index (χ1n) is 7.24. The Bertz CT molecular complexity index is 991. The summed E-state index contributed by atoms with van der Waals surface area (Å²) >= 11 is 0. The van der Waals surface area contributed by atoms with Crippen molar-refractivity contribution in [1.82, 2.24) is 14.6 Å². The van der Waals surface area contributed by atoms with Gasteiger partial charge in [-0.25, -0.2) is 0 Å². The molecule has 0 unspecified atom stereocenters. The van der Waals surface area contributed by atoms with Crippen molar-refractivity contribution < 1.29 is 0 Å². The summed E-state index contributed by atoms with van der Waals surface area (Å²) in [5.41, 5.74) is 4.09. The van der Waals surface area contributed by atoms with E-state index in [1.165, 1.54) is 0 Å². The minimum Gasteiger partial charge on any atom is -0.338 e. The number of nitriles is 1. The van der Waals surface area contributed by atoms with E-state index < -0.39 is 0 Å². The maximum atomic E-state index is 9.24. The highest BCUT2D eigenvalue weighted by atomic mass is 15.3. The molecule has 0 saturated heterocycles. The van der Waals surface area contributed by atoms with Gasteiger partial charge in [0.2, 0.25) is 0 Å². The van der Waals surface area contributed by atoms with Crippen molar-refractivity contribution in [3.8, 4) is 17.3 Å². The van der Waals surface area contributed by atoms with Gasteiger partial charge in [0.15, 0.2) is 11.5 Å². The molecule has 110 valence electrons. The van der Waals surface area contributed by atoms with Crippen LogP contribution >= 0.6 is 0 Å². The molecule has 0 saturated carbocycles. The van der Waals surface area contributed by atoms with E-state index in [0.717, 1.165) is 22.8 Å². The number of anilines is 2. The predicted octanol–water partition coefficient (Wildman–Crippen LogP) is 3.94. The first-order valence-corrected chi connectivity index (χ1v) is 7.24. The fourth-order valence-electron chi connectivity index (χ4n) is 2.59. The standard InChI is InChI=1S/C18H13N5/c19-11-14-12-20-23-17(14)22-16(13-7-3-1-4-8-13)18(23)21-15-9-5-2-6-10-15/h1-10,12,21-22H. The fourth-order valence-corrected chi connectivity index (χ4v) is 2.59. The molecule has 5 nitrogen and oxygen atoms in total. The van der Waals surface area contributed by atoms with Gasteiger partial charge in [-0.3, -0.25) is 0 Å². The van der Waals surface area contributed by atoms with Gasteiger partial charge in [-0.2, -0.15) is 14.9 Å². The zero-order valence-corrected chi connectivity index (χ0v) is 12.2. The lowest BCUT2D eigenvalue weighted by molar-refractivity contribution is 0.980. The first-order chi connectivity index (χ1) is 11.4. The summed E-state index contributed by atoms with van der Waals surface area (Å²) in [6.07, 6.45) is 1.57. The van der Waals surface area contributed by atoms with Crippen molar-refractivity contribution in [3.05, 3.63) is 72.4 Å².